The second kappa shape index (κ2) is 3.75. The number of aromatic amines is 2. The Morgan fingerprint density at radius 3 is 2.69 bits per heavy atom. The van der Waals surface area contributed by atoms with Gasteiger partial charge in [-0.05, 0) is 30.4 Å². The molecule has 0 fully saturated rings. The third-order valence-corrected chi connectivity index (χ3v) is 2.28. The number of nitrogens with zero attached hydrogens (tertiary/aromatic N) is 2. The number of rotatable bonds is 1. The number of aromatic nitrogens is 3. The highest BCUT2D eigenvalue weighted by Gasteiger charge is 2.09. The Morgan fingerprint density at radius 2 is 2.19 bits per heavy atom. The van der Waals surface area contributed by atoms with Crippen LogP contribution in [0.3, 0.4) is 0 Å². The van der Waals surface area contributed by atoms with Crippen LogP contribution in [0.5, 0.6) is 0 Å². The van der Waals surface area contributed by atoms with Crippen molar-refractivity contribution in [2.75, 3.05) is 0 Å². The van der Waals surface area contributed by atoms with Crippen LogP contribution >= 0.6 is 12.2 Å². The molecule has 2 aromatic rings. The third-order valence-electron chi connectivity index (χ3n) is 2.00. The Bertz CT molecular complexity index is 663. The number of hydrogen-bond donors (Lipinski definition) is 2. The van der Waals surface area contributed by atoms with Crippen LogP contribution in [0, 0.1) is 21.9 Å². The number of benzene rings is 1. The van der Waals surface area contributed by atoms with E-state index in [1.165, 1.54) is 12.1 Å². The zero-order valence-corrected chi connectivity index (χ0v) is 8.64. The number of hydrogen-bond acceptors (Lipinski definition) is 3. The van der Waals surface area contributed by atoms with Crippen molar-refractivity contribution >= 4 is 12.2 Å². The zero-order chi connectivity index (χ0) is 11.7. The molecule has 5 nitrogen and oxygen atoms in total. The first kappa shape index (κ1) is 10.3. The molecular formula is C9H5FN4OS. The molecule has 0 saturated heterocycles. The maximum Gasteiger partial charge on any atom is 0.347 e. The molecule has 0 bridgehead atoms. The summed E-state index contributed by atoms with van der Waals surface area (Å²) in [5, 5.41) is 13.2. The summed E-state index contributed by atoms with van der Waals surface area (Å²) in [7, 11) is 0. The molecule has 0 aliphatic carbocycles. The predicted molar refractivity (Wildman–Crippen MR) is 56.2 cm³/mol. The first-order chi connectivity index (χ1) is 7.63. The summed E-state index contributed by atoms with van der Waals surface area (Å²) in [5.74, 6) is -0.680. The molecule has 0 aliphatic heterocycles. The molecule has 0 atom stereocenters. The van der Waals surface area contributed by atoms with Gasteiger partial charge in [-0.1, -0.05) is 0 Å². The molecule has 80 valence electrons. The summed E-state index contributed by atoms with van der Waals surface area (Å²) >= 11 is 4.82. The number of H-pyrrole nitrogens is 2. The van der Waals surface area contributed by atoms with E-state index < -0.39 is 11.5 Å². The van der Waals surface area contributed by atoms with E-state index in [-0.39, 0.29) is 16.0 Å². The molecule has 0 spiro atoms. The highest BCUT2D eigenvalue weighted by molar-refractivity contribution is 7.71. The van der Waals surface area contributed by atoms with E-state index in [1.54, 1.807) is 6.07 Å². The van der Waals surface area contributed by atoms with E-state index in [9.17, 15) is 9.18 Å². The first-order valence-electron chi connectivity index (χ1n) is 4.23. The molecule has 2 rings (SSSR count). The van der Waals surface area contributed by atoms with Gasteiger partial charge in [0, 0.05) is 0 Å². The van der Waals surface area contributed by atoms with Crippen molar-refractivity contribution in [3.05, 3.63) is 44.8 Å². The number of halogens is 1. The minimum absolute atomic E-state index is 0.00602. The normalized spacial score (nSPS) is 10.0. The molecule has 0 saturated carbocycles. The molecule has 0 aliphatic rings. The fourth-order valence-electron chi connectivity index (χ4n) is 1.29. The predicted octanol–water partition coefficient (Wildman–Crippen LogP) is 1.23. The van der Waals surface area contributed by atoms with Crippen LogP contribution in [0.2, 0.25) is 0 Å². The minimum atomic E-state index is -0.680. The van der Waals surface area contributed by atoms with Crippen molar-refractivity contribution in [3.63, 3.8) is 0 Å². The summed E-state index contributed by atoms with van der Waals surface area (Å²) < 4.78 is 14.6. The molecule has 7 heteroatoms. The lowest BCUT2D eigenvalue weighted by molar-refractivity contribution is 0.615. The molecular weight excluding hydrogens is 231 g/mol. The van der Waals surface area contributed by atoms with Gasteiger partial charge in [0.1, 0.15) is 5.82 Å². The topological polar surface area (TPSA) is 77.4 Å². The van der Waals surface area contributed by atoms with Gasteiger partial charge in [0.05, 0.1) is 17.3 Å². The Morgan fingerprint density at radius 1 is 1.44 bits per heavy atom. The van der Waals surface area contributed by atoms with Crippen LogP contribution in [-0.2, 0) is 0 Å². The first-order valence-corrected chi connectivity index (χ1v) is 4.64. The van der Waals surface area contributed by atoms with Gasteiger partial charge in [-0.2, -0.15) is 5.26 Å². The lowest BCUT2D eigenvalue weighted by Gasteiger charge is -2.01. The lowest BCUT2D eigenvalue weighted by Crippen LogP contribution is -2.16. The quantitative estimate of drug-likeness (QED) is 0.731. The van der Waals surface area contributed by atoms with Crippen LogP contribution in [0.25, 0.3) is 5.69 Å². The summed E-state index contributed by atoms with van der Waals surface area (Å²) in [4.78, 5) is 11.3. The number of nitriles is 1. The molecule has 1 heterocycles. The third kappa shape index (κ3) is 1.55. The second-order valence-electron chi connectivity index (χ2n) is 2.97. The highest BCUT2D eigenvalue weighted by Crippen LogP contribution is 2.13. The monoisotopic (exact) mass is 236 g/mol. The average molecular weight is 236 g/mol. The van der Waals surface area contributed by atoms with Crippen LogP contribution in [-0.4, -0.2) is 14.8 Å². The van der Waals surface area contributed by atoms with Crippen molar-refractivity contribution in [1.29, 1.82) is 5.26 Å². The van der Waals surface area contributed by atoms with Crippen LogP contribution < -0.4 is 5.69 Å². The fourth-order valence-corrected chi connectivity index (χ4v) is 1.52. The van der Waals surface area contributed by atoms with Crippen LogP contribution in [0.15, 0.2) is 23.0 Å². The maximum absolute atomic E-state index is 13.6. The summed E-state index contributed by atoms with van der Waals surface area (Å²) in [6, 6.07) is 5.58. The van der Waals surface area contributed by atoms with Gasteiger partial charge in [0.15, 0.2) is 0 Å². The van der Waals surface area contributed by atoms with E-state index in [2.05, 4.69) is 10.2 Å². The molecule has 0 amide bonds. The van der Waals surface area contributed by atoms with Crippen LogP contribution in [0.1, 0.15) is 5.56 Å². The van der Waals surface area contributed by atoms with Crippen LogP contribution in [0.4, 0.5) is 4.39 Å². The van der Waals surface area contributed by atoms with Crippen molar-refractivity contribution in [2.24, 2.45) is 0 Å². The zero-order valence-electron chi connectivity index (χ0n) is 7.82. The average Bonchev–Trinajstić information content (AvgIpc) is 2.59. The van der Waals surface area contributed by atoms with E-state index >= 15 is 0 Å². The van der Waals surface area contributed by atoms with Gasteiger partial charge in [-0.3, -0.25) is 5.10 Å². The van der Waals surface area contributed by atoms with Gasteiger partial charge in [0.25, 0.3) is 0 Å². The van der Waals surface area contributed by atoms with Gasteiger partial charge in [-0.25, -0.2) is 18.9 Å². The van der Waals surface area contributed by atoms with Crippen molar-refractivity contribution in [2.45, 2.75) is 0 Å². The van der Waals surface area contributed by atoms with Crippen molar-refractivity contribution < 1.29 is 4.39 Å². The smallest absolute Gasteiger partial charge is 0.272 e. The molecule has 2 N–H and O–H groups in total. The molecule has 1 aromatic heterocycles. The van der Waals surface area contributed by atoms with E-state index in [0.717, 1.165) is 10.6 Å². The van der Waals surface area contributed by atoms with Crippen molar-refractivity contribution in [3.8, 4) is 11.8 Å². The number of nitrogens with one attached hydrogen (secondary N) is 2. The fraction of sp³-hybridized carbons (Fsp3) is 0. The molecule has 1 aromatic carbocycles. The van der Waals surface area contributed by atoms with E-state index in [1.807, 2.05) is 0 Å². The standard InChI is InChI=1S/C9H5FN4OS/c10-6-3-5(4-11)1-2-7(6)14-8(15)12-13-9(14)16/h1-3H,(H,12,15)(H,13,16). The maximum atomic E-state index is 13.6. The van der Waals surface area contributed by atoms with E-state index in [0.29, 0.717) is 0 Å². The lowest BCUT2D eigenvalue weighted by atomic mass is 10.2. The van der Waals surface area contributed by atoms with Gasteiger partial charge in [-0.15, -0.1) is 0 Å². The summed E-state index contributed by atoms with van der Waals surface area (Å²) in [6.45, 7) is 0. The minimum Gasteiger partial charge on any atom is -0.272 e. The molecule has 0 unspecified atom stereocenters. The van der Waals surface area contributed by atoms with E-state index in [4.69, 9.17) is 17.5 Å². The van der Waals surface area contributed by atoms with Gasteiger partial charge < -0.3 is 0 Å². The Labute approximate surface area is 93.8 Å². The summed E-state index contributed by atoms with van der Waals surface area (Å²) in [6.07, 6.45) is 0. The van der Waals surface area contributed by atoms with Crippen molar-refractivity contribution in [1.82, 2.24) is 14.8 Å². The Kier molecular flexibility index (Phi) is 2.42. The second-order valence-corrected chi connectivity index (χ2v) is 3.36. The molecule has 16 heavy (non-hydrogen) atoms. The van der Waals surface area contributed by atoms with Gasteiger partial charge in [0.2, 0.25) is 4.77 Å². The molecule has 0 radical (unpaired) electrons. The summed E-state index contributed by atoms with van der Waals surface area (Å²) in [5.41, 5.74) is -0.375. The highest BCUT2D eigenvalue weighted by atomic mass is 32.1. The van der Waals surface area contributed by atoms with Gasteiger partial charge >= 0.3 is 5.69 Å². The Balaban J connectivity index is 2.72. The Hall–Kier alpha value is -2.20. The largest absolute Gasteiger partial charge is 0.347 e. The SMILES string of the molecule is N#Cc1ccc(-n2c(=O)[nH][nH]c2=S)c(F)c1.